The summed E-state index contributed by atoms with van der Waals surface area (Å²) >= 11 is 1.55. The fraction of sp³-hybridized carbons (Fsp3) is 0.235. The number of hydrogen-bond donors (Lipinski definition) is 1. The number of para-hydroxylation sites is 1. The van der Waals surface area contributed by atoms with E-state index >= 15 is 0 Å². The van der Waals surface area contributed by atoms with E-state index in [2.05, 4.69) is 10.6 Å². The molecular weight excluding hydrogens is 326 g/mol. The second kappa shape index (κ2) is 6.11. The summed E-state index contributed by atoms with van der Waals surface area (Å²) in [5.41, 5.74) is 3.11. The minimum absolute atomic E-state index is 0.0414. The van der Waals surface area contributed by atoms with E-state index in [1.165, 1.54) is 20.2 Å². The van der Waals surface area contributed by atoms with Crippen LogP contribution in [0.25, 0.3) is 6.08 Å². The Bertz CT molecular complexity index is 997. The number of hydrogen-bond acceptors (Lipinski definition) is 5. The molecule has 2 heterocycles. The minimum Gasteiger partial charge on any atom is -0.494 e. The molecule has 0 spiro atoms. The normalized spacial score (nSPS) is 13.0. The monoisotopic (exact) mass is 343 g/mol. The van der Waals surface area contributed by atoms with Gasteiger partial charge in [0.15, 0.2) is 0 Å². The first-order chi connectivity index (χ1) is 11.5. The number of rotatable bonds is 2. The standard InChI is InChI=1S/C17H17N3O3S/c1-4-20-12-7-5-6-8-13(12)24-14(20)10-9-11-15(21)18(2)17(23)19(3)16(11)22/h5-9,21H,4H2,1-3H3. The Hall–Kier alpha value is -2.63. The first-order valence-electron chi connectivity index (χ1n) is 7.45. The molecule has 24 heavy (non-hydrogen) atoms. The number of aromatic nitrogens is 2. The molecule has 1 aromatic heterocycles. The van der Waals surface area contributed by atoms with Crippen molar-refractivity contribution in [2.75, 3.05) is 11.4 Å². The van der Waals surface area contributed by atoms with Crippen molar-refractivity contribution in [3.05, 3.63) is 61.4 Å². The molecule has 3 rings (SSSR count). The molecule has 0 saturated carbocycles. The van der Waals surface area contributed by atoms with Gasteiger partial charge in [0, 0.05) is 31.6 Å². The van der Waals surface area contributed by atoms with Gasteiger partial charge >= 0.3 is 5.69 Å². The van der Waals surface area contributed by atoms with Crippen molar-refractivity contribution >= 4 is 23.5 Å². The number of benzene rings is 1. The highest BCUT2D eigenvalue weighted by Gasteiger charge is 2.23. The highest BCUT2D eigenvalue weighted by atomic mass is 32.2. The predicted molar refractivity (Wildman–Crippen MR) is 95.4 cm³/mol. The summed E-state index contributed by atoms with van der Waals surface area (Å²) in [6.07, 6.45) is 1.44. The Morgan fingerprint density at radius 3 is 2.62 bits per heavy atom. The summed E-state index contributed by atoms with van der Waals surface area (Å²) in [7, 11) is 2.80. The van der Waals surface area contributed by atoms with E-state index in [4.69, 9.17) is 0 Å². The van der Waals surface area contributed by atoms with Crippen LogP contribution in [0.1, 0.15) is 12.5 Å². The molecule has 0 fully saturated rings. The average molecular weight is 343 g/mol. The van der Waals surface area contributed by atoms with Crippen LogP contribution in [0.5, 0.6) is 5.88 Å². The van der Waals surface area contributed by atoms with Crippen molar-refractivity contribution in [2.24, 2.45) is 14.1 Å². The van der Waals surface area contributed by atoms with Crippen LogP contribution in [0.4, 0.5) is 5.69 Å². The van der Waals surface area contributed by atoms with Crippen LogP contribution in [0.15, 0.2) is 49.5 Å². The summed E-state index contributed by atoms with van der Waals surface area (Å²) in [6, 6.07) is 8.01. The van der Waals surface area contributed by atoms with Crippen molar-refractivity contribution in [3.8, 4) is 5.88 Å². The minimum atomic E-state index is -0.569. The second-order valence-corrected chi connectivity index (χ2v) is 6.38. The lowest BCUT2D eigenvalue weighted by atomic mass is 10.3. The zero-order valence-corrected chi connectivity index (χ0v) is 14.4. The molecule has 124 valence electrons. The Balaban J connectivity index is 2.14. The largest absolute Gasteiger partial charge is 0.494 e. The fourth-order valence-electron chi connectivity index (χ4n) is 2.58. The lowest BCUT2D eigenvalue weighted by molar-refractivity contribution is 0.410. The molecule has 0 radical (unpaired) electrons. The Morgan fingerprint density at radius 1 is 1.21 bits per heavy atom. The van der Waals surface area contributed by atoms with E-state index in [1.807, 2.05) is 31.2 Å². The van der Waals surface area contributed by atoms with Crippen molar-refractivity contribution < 1.29 is 5.11 Å². The van der Waals surface area contributed by atoms with Crippen molar-refractivity contribution in [1.82, 2.24) is 9.13 Å². The summed E-state index contributed by atoms with van der Waals surface area (Å²) in [5, 5.41) is 10.9. The molecule has 2 aromatic rings. The Kier molecular flexibility index (Phi) is 4.13. The molecule has 0 amide bonds. The van der Waals surface area contributed by atoms with Gasteiger partial charge in [0.25, 0.3) is 5.56 Å². The van der Waals surface area contributed by atoms with Gasteiger partial charge in [-0.25, -0.2) is 4.79 Å². The van der Waals surface area contributed by atoms with Gasteiger partial charge in [-0.05, 0) is 19.1 Å². The third kappa shape index (κ3) is 2.48. The third-order valence-electron chi connectivity index (χ3n) is 3.93. The molecule has 6 nitrogen and oxygen atoms in total. The van der Waals surface area contributed by atoms with Gasteiger partial charge in [-0.15, -0.1) is 0 Å². The smallest absolute Gasteiger partial charge is 0.333 e. The van der Waals surface area contributed by atoms with Gasteiger partial charge in [-0.3, -0.25) is 13.9 Å². The Labute approximate surface area is 143 Å². The third-order valence-corrected chi connectivity index (χ3v) is 5.03. The quantitative estimate of drug-likeness (QED) is 0.843. The van der Waals surface area contributed by atoms with E-state index in [0.29, 0.717) is 0 Å². The van der Waals surface area contributed by atoms with Crippen LogP contribution in [-0.4, -0.2) is 20.8 Å². The van der Waals surface area contributed by atoms with E-state index in [9.17, 15) is 14.7 Å². The first kappa shape index (κ1) is 16.2. The molecule has 0 atom stereocenters. The van der Waals surface area contributed by atoms with Gasteiger partial charge < -0.3 is 10.0 Å². The topological polar surface area (TPSA) is 67.5 Å². The summed E-state index contributed by atoms with van der Waals surface area (Å²) in [5.74, 6) is -0.361. The van der Waals surface area contributed by atoms with Crippen LogP contribution >= 0.6 is 11.8 Å². The molecule has 1 aromatic carbocycles. The fourth-order valence-corrected chi connectivity index (χ4v) is 3.67. The zero-order chi connectivity index (χ0) is 17.4. The lowest BCUT2D eigenvalue weighted by Crippen LogP contribution is -2.37. The molecule has 0 aliphatic carbocycles. The molecule has 1 aliphatic rings. The zero-order valence-electron chi connectivity index (χ0n) is 13.6. The molecule has 0 bridgehead atoms. The number of thioether (sulfide) groups is 1. The van der Waals surface area contributed by atoms with Crippen molar-refractivity contribution in [3.63, 3.8) is 0 Å². The molecule has 1 N–H and O–H groups in total. The van der Waals surface area contributed by atoms with E-state index in [1.54, 1.807) is 11.8 Å². The van der Waals surface area contributed by atoms with Gasteiger partial charge in [-0.2, -0.15) is 0 Å². The summed E-state index contributed by atoms with van der Waals surface area (Å²) in [4.78, 5) is 27.2. The SMILES string of the molecule is CCN1C(=C=Cc2c(O)n(C)c(=O)n(C)c2=O)Sc2ccccc21. The number of aromatic hydroxyl groups is 1. The highest BCUT2D eigenvalue weighted by molar-refractivity contribution is 8.03. The van der Waals surface area contributed by atoms with Gasteiger partial charge in [0.1, 0.15) is 10.6 Å². The van der Waals surface area contributed by atoms with Gasteiger partial charge in [0.2, 0.25) is 5.88 Å². The number of fused-ring (bicyclic) bond motifs is 1. The average Bonchev–Trinajstić information content (AvgIpc) is 2.95. The van der Waals surface area contributed by atoms with Crippen LogP contribution in [0.3, 0.4) is 0 Å². The van der Waals surface area contributed by atoms with E-state index in [0.717, 1.165) is 31.3 Å². The van der Waals surface area contributed by atoms with Gasteiger partial charge in [0.05, 0.1) is 5.69 Å². The number of anilines is 1. The first-order valence-corrected chi connectivity index (χ1v) is 8.27. The number of nitrogens with zero attached hydrogens (tertiary/aromatic N) is 3. The maximum Gasteiger partial charge on any atom is 0.333 e. The Morgan fingerprint density at radius 2 is 1.92 bits per heavy atom. The van der Waals surface area contributed by atoms with Crippen molar-refractivity contribution in [2.45, 2.75) is 11.8 Å². The maximum absolute atomic E-state index is 12.2. The van der Waals surface area contributed by atoms with E-state index < -0.39 is 11.2 Å². The van der Waals surface area contributed by atoms with E-state index in [-0.39, 0.29) is 11.4 Å². The summed E-state index contributed by atoms with van der Waals surface area (Å²) in [6.45, 7) is 2.80. The highest BCUT2D eigenvalue weighted by Crippen LogP contribution is 2.45. The summed E-state index contributed by atoms with van der Waals surface area (Å²) < 4.78 is 2.00. The molecule has 0 saturated heterocycles. The van der Waals surface area contributed by atoms with Crippen LogP contribution in [-0.2, 0) is 14.1 Å². The van der Waals surface area contributed by atoms with Gasteiger partial charge in [-0.1, -0.05) is 29.6 Å². The predicted octanol–water partition coefficient (Wildman–Crippen LogP) is 1.88. The van der Waals surface area contributed by atoms with Crippen LogP contribution < -0.4 is 16.1 Å². The van der Waals surface area contributed by atoms with Crippen LogP contribution in [0.2, 0.25) is 0 Å². The molecular formula is C17H17N3O3S. The van der Waals surface area contributed by atoms with Crippen molar-refractivity contribution in [1.29, 1.82) is 0 Å². The molecule has 1 aliphatic heterocycles. The molecule has 0 unspecified atom stereocenters. The molecule has 7 heteroatoms. The maximum atomic E-state index is 12.2. The lowest BCUT2D eigenvalue weighted by Gasteiger charge is -2.15. The second-order valence-electron chi connectivity index (χ2n) is 5.35. The van der Waals surface area contributed by atoms with Crippen LogP contribution in [0, 0.1) is 0 Å².